The molecule has 1 heterocycles. The number of hydrogen-bond acceptors (Lipinski definition) is 3. The monoisotopic (exact) mass is 670 g/mol. The van der Waals surface area contributed by atoms with Crippen LogP contribution in [0, 0.1) is 6.92 Å². The zero-order valence-electron chi connectivity index (χ0n) is 27.4. The maximum absolute atomic E-state index is 13.0. The van der Waals surface area contributed by atoms with Crippen LogP contribution in [0.1, 0.15) is 127 Å². The summed E-state index contributed by atoms with van der Waals surface area (Å²) in [5, 5.41) is 5.23. The van der Waals surface area contributed by atoms with E-state index in [1.54, 1.807) is 11.3 Å². The molecule has 238 valence electrons. The number of ether oxygens (including phenoxy) is 1. The number of amides is 1. The quantitative estimate of drug-likeness (QED) is 0.111. The maximum atomic E-state index is 13.0. The Morgan fingerprint density at radius 3 is 2.02 bits per heavy atom. The highest BCUT2D eigenvalue weighted by Gasteiger charge is 2.18. The minimum Gasteiger partial charge on any atom is -1.00 e. The van der Waals surface area contributed by atoms with Gasteiger partial charge in [-0.05, 0) is 35.6 Å². The highest BCUT2D eigenvalue weighted by atomic mass is 79.9. The number of anilines is 1. The first-order valence-corrected chi connectivity index (χ1v) is 17.3. The van der Waals surface area contributed by atoms with Gasteiger partial charge in [-0.25, -0.2) is 0 Å². The Labute approximate surface area is 276 Å². The van der Waals surface area contributed by atoms with E-state index in [9.17, 15) is 4.79 Å². The Bertz CT molecular complexity index is 1200. The van der Waals surface area contributed by atoms with Crippen LogP contribution < -0.4 is 31.6 Å². The van der Waals surface area contributed by atoms with Crippen LogP contribution in [-0.2, 0) is 23.2 Å². The Hall–Kier alpha value is -2.18. The van der Waals surface area contributed by atoms with E-state index in [1.165, 1.54) is 87.4 Å². The van der Waals surface area contributed by atoms with Crippen molar-refractivity contribution in [1.82, 2.24) is 0 Å². The molecule has 0 saturated heterocycles. The number of rotatable bonds is 19. The SMILES string of the molecule is CCCCCCCCCCCCCCOc1cc(C(C)(C)C)ccc1CC(=O)Nc1ccc(C[n+]2cscc2C)cc1.[Br-]. The molecule has 4 nitrogen and oxygen atoms in total. The first-order chi connectivity index (χ1) is 20.3. The largest absolute Gasteiger partial charge is 1.00 e. The van der Waals surface area contributed by atoms with Gasteiger partial charge in [0.05, 0.1) is 18.4 Å². The van der Waals surface area contributed by atoms with E-state index in [0.717, 1.165) is 30.0 Å². The molecule has 6 heteroatoms. The molecule has 0 atom stereocenters. The number of benzene rings is 2. The van der Waals surface area contributed by atoms with E-state index < -0.39 is 0 Å². The molecule has 3 aromatic rings. The lowest BCUT2D eigenvalue weighted by Crippen LogP contribution is -3.00. The number of aryl methyl sites for hydroxylation is 1. The molecule has 0 aliphatic carbocycles. The van der Waals surface area contributed by atoms with Gasteiger partial charge in [-0.2, -0.15) is 4.57 Å². The zero-order valence-corrected chi connectivity index (χ0v) is 29.8. The van der Waals surface area contributed by atoms with E-state index in [0.29, 0.717) is 13.0 Å². The van der Waals surface area contributed by atoms with Crippen LogP contribution in [0.15, 0.2) is 53.4 Å². The van der Waals surface area contributed by atoms with Gasteiger partial charge in [0, 0.05) is 23.7 Å². The molecule has 0 bridgehead atoms. The number of thiazole rings is 1. The minimum absolute atomic E-state index is 0. The van der Waals surface area contributed by atoms with Gasteiger partial charge in [0.2, 0.25) is 11.4 Å². The molecule has 3 rings (SSSR count). The lowest BCUT2D eigenvalue weighted by Gasteiger charge is -2.21. The fourth-order valence-corrected chi connectivity index (χ4v) is 5.99. The molecule has 1 aromatic heterocycles. The molecule has 0 aliphatic rings. The van der Waals surface area contributed by atoms with Crippen molar-refractivity contribution in [2.75, 3.05) is 11.9 Å². The smallest absolute Gasteiger partial charge is 0.228 e. The number of unbranched alkanes of at least 4 members (excludes halogenated alkanes) is 11. The predicted octanol–water partition coefficient (Wildman–Crippen LogP) is 6.95. The summed E-state index contributed by atoms with van der Waals surface area (Å²) in [6, 6.07) is 14.5. The van der Waals surface area contributed by atoms with Gasteiger partial charge in [-0.1, -0.05) is 134 Å². The van der Waals surface area contributed by atoms with Gasteiger partial charge in [0.1, 0.15) is 5.75 Å². The summed E-state index contributed by atoms with van der Waals surface area (Å²) in [4.78, 5) is 13.0. The summed E-state index contributed by atoms with van der Waals surface area (Å²) in [6.07, 6.45) is 16.2. The van der Waals surface area contributed by atoms with Gasteiger partial charge in [-0.15, -0.1) is 0 Å². The van der Waals surface area contributed by atoms with Gasteiger partial charge < -0.3 is 27.0 Å². The van der Waals surface area contributed by atoms with Crippen molar-refractivity contribution in [2.24, 2.45) is 0 Å². The molecular weight excluding hydrogens is 616 g/mol. The van der Waals surface area contributed by atoms with Crippen molar-refractivity contribution in [1.29, 1.82) is 0 Å². The van der Waals surface area contributed by atoms with Crippen molar-refractivity contribution in [2.45, 2.75) is 130 Å². The number of aromatic nitrogens is 1. The molecular formula is C37H55BrN2O2S. The molecule has 0 radical (unpaired) electrons. The number of nitrogens with one attached hydrogen (secondary N) is 1. The minimum atomic E-state index is -0.0236. The Kier molecular flexibility index (Phi) is 17.2. The average molecular weight is 672 g/mol. The topological polar surface area (TPSA) is 42.2 Å². The molecule has 0 aliphatic heterocycles. The first-order valence-electron chi connectivity index (χ1n) is 16.3. The van der Waals surface area contributed by atoms with Crippen molar-refractivity contribution in [3.63, 3.8) is 0 Å². The number of halogens is 1. The third kappa shape index (κ3) is 14.0. The van der Waals surface area contributed by atoms with Crippen LogP contribution in [0.5, 0.6) is 5.75 Å². The van der Waals surface area contributed by atoms with Gasteiger partial charge >= 0.3 is 0 Å². The van der Waals surface area contributed by atoms with Crippen LogP contribution in [0.4, 0.5) is 5.69 Å². The second-order valence-corrected chi connectivity index (χ2v) is 13.6. The summed E-state index contributed by atoms with van der Waals surface area (Å²) >= 11 is 1.71. The molecule has 0 spiro atoms. The van der Waals surface area contributed by atoms with E-state index in [4.69, 9.17) is 4.74 Å². The van der Waals surface area contributed by atoms with Crippen molar-refractivity contribution < 1.29 is 31.1 Å². The third-order valence-corrected chi connectivity index (χ3v) is 8.86. The van der Waals surface area contributed by atoms with Crippen LogP contribution in [0.2, 0.25) is 0 Å². The summed E-state index contributed by atoms with van der Waals surface area (Å²) in [5.41, 5.74) is 7.62. The van der Waals surface area contributed by atoms with E-state index >= 15 is 0 Å². The Morgan fingerprint density at radius 1 is 0.860 bits per heavy atom. The van der Waals surface area contributed by atoms with Crippen molar-refractivity contribution >= 4 is 22.9 Å². The lowest BCUT2D eigenvalue weighted by atomic mass is 9.86. The maximum Gasteiger partial charge on any atom is 0.228 e. The van der Waals surface area contributed by atoms with Crippen LogP contribution in [0.25, 0.3) is 0 Å². The van der Waals surface area contributed by atoms with E-state index in [2.05, 4.69) is 85.7 Å². The average Bonchev–Trinajstić information content (AvgIpc) is 3.36. The molecule has 1 N–H and O–H groups in total. The first kappa shape index (κ1) is 37.0. The molecule has 2 aromatic carbocycles. The fraction of sp³-hybridized carbons (Fsp3) is 0.568. The predicted molar refractivity (Wildman–Crippen MR) is 179 cm³/mol. The van der Waals surface area contributed by atoms with Crippen LogP contribution in [-0.4, -0.2) is 12.5 Å². The van der Waals surface area contributed by atoms with E-state index in [1.807, 2.05) is 12.1 Å². The van der Waals surface area contributed by atoms with Crippen LogP contribution >= 0.6 is 11.3 Å². The summed E-state index contributed by atoms with van der Waals surface area (Å²) in [5.74, 6) is 0.823. The highest BCUT2D eigenvalue weighted by Crippen LogP contribution is 2.29. The second-order valence-electron chi connectivity index (χ2n) is 12.9. The molecule has 0 unspecified atom stereocenters. The number of carbonyl (C=O) groups is 1. The normalized spacial score (nSPS) is 11.3. The summed E-state index contributed by atoms with van der Waals surface area (Å²) < 4.78 is 8.54. The van der Waals surface area contributed by atoms with Crippen molar-refractivity contribution in [3.8, 4) is 5.75 Å². The standard InChI is InChI=1S/C37H54N2O2S.BrH/c1-6-7-8-9-10-11-12-13-14-15-16-17-24-41-35-26-33(37(3,4)5)21-20-32(35)25-36(40)38-34-22-18-31(19-23-34)27-39-29-42-28-30(39)2;/h18-23,26,28-29H,6-17,24-25,27H2,1-5H3;1H. The number of hydrogen-bond donors (Lipinski definition) is 1. The molecule has 0 saturated carbocycles. The highest BCUT2D eigenvalue weighted by molar-refractivity contribution is 7.07. The number of carbonyl (C=O) groups excluding carboxylic acids is 1. The summed E-state index contributed by atoms with van der Waals surface area (Å²) in [6.45, 7) is 12.6. The van der Waals surface area contributed by atoms with Gasteiger partial charge in [0.25, 0.3) is 0 Å². The van der Waals surface area contributed by atoms with E-state index in [-0.39, 0.29) is 28.3 Å². The Balaban J connectivity index is 0.00000645. The second kappa shape index (κ2) is 20.0. The molecule has 43 heavy (non-hydrogen) atoms. The molecule has 1 amide bonds. The lowest BCUT2D eigenvalue weighted by molar-refractivity contribution is -0.689. The molecule has 0 fully saturated rings. The zero-order chi connectivity index (χ0) is 30.2. The third-order valence-electron chi connectivity index (χ3n) is 8.01. The fourth-order valence-electron chi connectivity index (χ4n) is 5.21. The summed E-state index contributed by atoms with van der Waals surface area (Å²) in [7, 11) is 0. The van der Waals surface area contributed by atoms with Crippen LogP contribution in [0.3, 0.4) is 0 Å². The number of nitrogens with zero attached hydrogens (tertiary/aromatic N) is 1. The van der Waals surface area contributed by atoms with Crippen molar-refractivity contribution in [3.05, 3.63) is 75.7 Å². The Morgan fingerprint density at radius 2 is 1.47 bits per heavy atom. The van der Waals surface area contributed by atoms with Gasteiger partial charge in [0.15, 0.2) is 12.2 Å². The van der Waals surface area contributed by atoms with Gasteiger partial charge in [-0.3, -0.25) is 4.79 Å².